The number of aromatic nitrogens is 2. The third-order valence-corrected chi connectivity index (χ3v) is 2.28. The van der Waals surface area contributed by atoms with E-state index in [4.69, 9.17) is 0 Å². The van der Waals surface area contributed by atoms with Crippen molar-refractivity contribution in [1.82, 2.24) is 9.97 Å². The molecule has 0 saturated heterocycles. The highest BCUT2D eigenvalue weighted by molar-refractivity contribution is 5.56. The topological polar surface area (TPSA) is 81.0 Å². The molecule has 6 nitrogen and oxygen atoms in total. The fourth-order valence-corrected chi connectivity index (χ4v) is 1.38. The van der Waals surface area contributed by atoms with E-state index in [1.165, 1.54) is 18.2 Å². The minimum absolute atomic E-state index is 0.133. The van der Waals surface area contributed by atoms with Gasteiger partial charge in [-0.05, 0) is 18.2 Å². The average Bonchev–Trinajstić information content (AvgIpc) is 2.38. The molecule has 0 spiro atoms. The highest BCUT2D eigenvalue weighted by atomic mass is 19.4. The zero-order valence-electron chi connectivity index (χ0n) is 9.76. The van der Waals surface area contributed by atoms with Crippen LogP contribution in [0.15, 0.2) is 36.7 Å². The summed E-state index contributed by atoms with van der Waals surface area (Å²) in [5.41, 5.74) is -1.11. The first-order chi connectivity index (χ1) is 9.36. The fourth-order valence-electron chi connectivity index (χ4n) is 1.38. The second-order valence-corrected chi connectivity index (χ2v) is 3.71. The first-order valence-electron chi connectivity index (χ1n) is 5.27. The van der Waals surface area contributed by atoms with E-state index in [1.807, 2.05) is 0 Å². The lowest BCUT2D eigenvalue weighted by molar-refractivity contribution is -0.385. The Kier molecular flexibility index (Phi) is 3.51. The Hall–Kier alpha value is -2.71. The highest BCUT2D eigenvalue weighted by Gasteiger charge is 2.32. The molecule has 0 unspecified atom stereocenters. The van der Waals surface area contributed by atoms with Gasteiger partial charge in [0.1, 0.15) is 17.7 Å². The highest BCUT2D eigenvalue weighted by Crippen LogP contribution is 2.29. The molecule has 0 aliphatic carbocycles. The van der Waals surface area contributed by atoms with Gasteiger partial charge in [-0.1, -0.05) is 0 Å². The third kappa shape index (κ3) is 3.19. The van der Waals surface area contributed by atoms with Crippen molar-refractivity contribution in [2.24, 2.45) is 0 Å². The summed E-state index contributed by atoms with van der Waals surface area (Å²) in [6.45, 7) is 0. The molecule has 2 heterocycles. The zero-order valence-corrected chi connectivity index (χ0v) is 9.76. The monoisotopic (exact) mass is 284 g/mol. The van der Waals surface area contributed by atoms with E-state index >= 15 is 0 Å². The molecule has 2 aromatic heterocycles. The molecule has 0 radical (unpaired) electrons. The summed E-state index contributed by atoms with van der Waals surface area (Å²) in [4.78, 5) is 16.8. The first-order valence-corrected chi connectivity index (χ1v) is 5.27. The van der Waals surface area contributed by atoms with Crippen LogP contribution in [-0.2, 0) is 6.18 Å². The van der Waals surface area contributed by atoms with Gasteiger partial charge in [0, 0.05) is 18.0 Å². The van der Waals surface area contributed by atoms with Crippen molar-refractivity contribution < 1.29 is 18.1 Å². The molecule has 0 aliphatic rings. The van der Waals surface area contributed by atoms with E-state index in [0.29, 0.717) is 0 Å². The molecule has 0 saturated carbocycles. The van der Waals surface area contributed by atoms with Crippen LogP contribution in [0.5, 0.6) is 0 Å². The lowest BCUT2D eigenvalue weighted by Crippen LogP contribution is -2.08. The molecule has 0 amide bonds. The van der Waals surface area contributed by atoms with Crippen molar-refractivity contribution in [3.63, 3.8) is 0 Å². The number of pyridine rings is 2. The SMILES string of the molecule is O=[N+]([O-])c1ccc(Nc2ccnc(C(F)(F)F)c2)nc1. The zero-order chi connectivity index (χ0) is 14.8. The van der Waals surface area contributed by atoms with Gasteiger partial charge in [0.25, 0.3) is 5.69 Å². The third-order valence-electron chi connectivity index (χ3n) is 2.28. The van der Waals surface area contributed by atoms with E-state index in [-0.39, 0.29) is 17.2 Å². The van der Waals surface area contributed by atoms with E-state index in [9.17, 15) is 23.3 Å². The van der Waals surface area contributed by atoms with Crippen molar-refractivity contribution in [1.29, 1.82) is 0 Å². The van der Waals surface area contributed by atoms with Crippen LogP contribution in [0.25, 0.3) is 0 Å². The molecule has 1 N–H and O–H groups in total. The molecule has 104 valence electrons. The van der Waals surface area contributed by atoms with Crippen LogP contribution in [0.4, 0.5) is 30.4 Å². The van der Waals surface area contributed by atoms with Crippen molar-refractivity contribution in [3.8, 4) is 0 Å². The molecule has 2 rings (SSSR count). The smallest absolute Gasteiger partial charge is 0.340 e. The van der Waals surface area contributed by atoms with Gasteiger partial charge in [-0.25, -0.2) is 4.98 Å². The van der Waals surface area contributed by atoms with E-state index < -0.39 is 16.8 Å². The molecule has 0 atom stereocenters. The van der Waals surface area contributed by atoms with Crippen LogP contribution in [0, 0.1) is 10.1 Å². The quantitative estimate of drug-likeness (QED) is 0.691. The van der Waals surface area contributed by atoms with E-state index in [0.717, 1.165) is 18.5 Å². The predicted octanol–water partition coefficient (Wildman–Crippen LogP) is 3.15. The predicted molar refractivity (Wildman–Crippen MR) is 63.4 cm³/mol. The number of halogens is 3. The lowest BCUT2D eigenvalue weighted by atomic mass is 10.3. The summed E-state index contributed by atoms with van der Waals surface area (Å²) in [7, 11) is 0. The van der Waals surface area contributed by atoms with Crippen molar-refractivity contribution in [2.75, 3.05) is 5.32 Å². The molecule has 0 fully saturated rings. The maximum absolute atomic E-state index is 12.5. The lowest BCUT2D eigenvalue weighted by Gasteiger charge is -2.09. The van der Waals surface area contributed by atoms with Crippen LogP contribution >= 0.6 is 0 Å². The van der Waals surface area contributed by atoms with E-state index in [2.05, 4.69) is 15.3 Å². The normalized spacial score (nSPS) is 11.2. The van der Waals surface area contributed by atoms with Crippen molar-refractivity contribution in [3.05, 3.63) is 52.5 Å². The van der Waals surface area contributed by atoms with Crippen molar-refractivity contribution in [2.45, 2.75) is 6.18 Å². The average molecular weight is 284 g/mol. The Labute approximate surface area is 110 Å². The van der Waals surface area contributed by atoms with Gasteiger partial charge in [-0.3, -0.25) is 15.1 Å². The number of nitrogens with one attached hydrogen (secondary N) is 1. The van der Waals surface area contributed by atoms with Gasteiger partial charge < -0.3 is 5.32 Å². The van der Waals surface area contributed by atoms with Gasteiger partial charge in [0.15, 0.2) is 0 Å². The largest absolute Gasteiger partial charge is 0.433 e. The van der Waals surface area contributed by atoms with Crippen molar-refractivity contribution >= 4 is 17.2 Å². The number of anilines is 2. The number of nitro groups is 1. The number of alkyl halides is 3. The maximum atomic E-state index is 12.5. The molecule has 20 heavy (non-hydrogen) atoms. The number of nitrogens with zero attached hydrogens (tertiary/aromatic N) is 3. The molecular formula is C11H7F3N4O2. The minimum atomic E-state index is -4.54. The summed E-state index contributed by atoms with van der Waals surface area (Å²) in [6, 6.07) is 4.65. The molecular weight excluding hydrogens is 277 g/mol. The van der Waals surface area contributed by atoms with Crippen LogP contribution in [0.2, 0.25) is 0 Å². The summed E-state index contributed by atoms with van der Waals surface area (Å²) < 4.78 is 37.4. The summed E-state index contributed by atoms with van der Waals surface area (Å²) in [5, 5.41) is 13.0. The van der Waals surface area contributed by atoms with E-state index in [1.54, 1.807) is 0 Å². The molecule has 2 aromatic rings. The van der Waals surface area contributed by atoms with Crippen LogP contribution in [0.1, 0.15) is 5.69 Å². The molecule has 0 aliphatic heterocycles. The number of hydrogen-bond acceptors (Lipinski definition) is 5. The molecule has 0 bridgehead atoms. The molecule has 9 heteroatoms. The van der Waals surface area contributed by atoms with Gasteiger partial charge in [0.05, 0.1) is 4.92 Å². The Bertz CT molecular complexity index is 628. The minimum Gasteiger partial charge on any atom is -0.340 e. The van der Waals surface area contributed by atoms with Crippen LogP contribution in [-0.4, -0.2) is 14.9 Å². The second-order valence-electron chi connectivity index (χ2n) is 3.71. The Balaban J connectivity index is 2.20. The summed E-state index contributed by atoms with van der Waals surface area (Å²) in [6.07, 6.45) is -2.52. The van der Waals surface area contributed by atoms with Gasteiger partial charge in [-0.2, -0.15) is 13.2 Å². The standard InChI is InChI=1S/C11H7F3N4O2/c12-11(13,14)9-5-7(3-4-15-9)17-10-2-1-8(6-16-10)18(19)20/h1-6H,(H,15,16,17). The summed E-state index contributed by atoms with van der Waals surface area (Å²) >= 11 is 0. The summed E-state index contributed by atoms with van der Waals surface area (Å²) in [5.74, 6) is 0.190. The Morgan fingerprint density at radius 2 is 1.95 bits per heavy atom. The Morgan fingerprint density at radius 1 is 1.20 bits per heavy atom. The van der Waals surface area contributed by atoms with Gasteiger partial charge >= 0.3 is 6.18 Å². The molecule has 0 aromatic carbocycles. The fraction of sp³-hybridized carbons (Fsp3) is 0.0909. The van der Waals surface area contributed by atoms with Gasteiger partial charge in [0.2, 0.25) is 0 Å². The maximum Gasteiger partial charge on any atom is 0.433 e. The second kappa shape index (κ2) is 5.11. The Morgan fingerprint density at radius 3 is 2.50 bits per heavy atom. The number of hydrogen-bond donors (Lipinski definition) is 1. The number of rotatable bonds is 3. The van der Waals surface area contributed by atoms with Gasteiger partial charge in [-0.15, -0.1) is 0 Å². The first kappa shape index (κ1) is 13.7. The van der Waals surface area contributed by atoms with Crippen LogP contribution < -0.4 is 5.32 Å². The van der Waals surface area contributed by atoms with Crippen LogP contribution in [0.3, 0.4) is 0 Å².